The number of aryl methyl sites for hydroxylation is 1. The van der Waals surface area contributed by atoms with E-state index in [0.717, 1.165) is 0 Å². The Balaban J connectivity index is 2.79. The Bertz CT molecular complexity index is 449. The first-order valence-electron chi connectivity index (χ1n) is 3.89. The number of hydrogen-bond donors (Lipinski definition) is 2. The molecule has 6 heteroatoms. The van der Waals surface area contributed by atoms with Gasteiger partial charge < -0.3 is 16.0 Å². The average molecular weight is 179 g/mol. The van der Waals surface area contributed by atoms with E-state index in [-0.39, 0.29) is 5.88 Å². The Labute approximate surface area is 73.9 Å². The monoisotopic (exact) mass is 179 g/mol. The lowest BCUT2D eigenvalue weighted by Crippen LogP contribution is -1.99. The lowest BCUT2D eigenvalue weighted by atomic mass is 10.3. The molecule has 0 spiro atoms. The Morgan fingerprint density at radius 2 is 2.08 bits per heavy atom. The van der Waals surface area contributed by atoms with Crippen molar-refractivity contribution in [2.75, 3.05) is 11.5 Å². The molecule has 2 heterocycles. The second-order valence-corrected chi connectivity index (χ2v) is 2.62. The van der Waals surface area contributed by atoms with Crippen LogP contribution in [-0.2, 0) is 6.42 Å². The van der Waals surface area contributed by atoms with Crippen LogP contribution in [0.4, 0.5) is 11.7 Å². The predicted molar refractivity (Wildman–Crippen MR) is 47.8 cm³/mol. The zero-order valence-corrected chi connectivity index (χ0v) is 7.11. The summed E-state index contributed by atoms with van der Waals surface area (Å²) in [6, 6.07) is 0. The van der Waals surface area contributed by atoms with Crippen LogP contribution in [-0.4, -0.2) is 15.1 Å². The third kappa shape index (κ3) is 1.07. The first-order chi connectivity index (χ1) is 6.22. The van der Waals surface area contributed by atoms with Gasteiger partial charge in [0, 0.05) is 6.42 Å². The third-order valence-electron chi connectivity index (χ3n) is 1.76. The van der Waals surface area contributed by atoms with Crippen molar-refractivity contribution in [1.82, 2.24) is 15.1 Å². The maximum Gasteiger partial charge on any atom is 0.235 e. The fourth-order valence-corrected chi connectivity index (χ4v) is 1.11. The van der Waals surface area contributed by atoms with Gasteiger partial charge in [-0.15, -0.1) is 0 Å². The lowest BCUT2D eigenvalue weighted by molar-refractivity contribution is 0.443. The van der Waals surface area contributed by atoms with Gasteiger partial charge in [-0.25, -0.2) is 9.97 Å². The van der Waals surface area contributed by atoms with Crippen molar-refractivity contribution in [3.8, 4) is 0 Å². The number of hydrogen-bond acceptors (Lipinski definition) is 6. The molecule has 4 N–H and O–H groups in total. The minimum absolute atomic E-state index is 0.162. The molecule has 0 unspecified atom stereocenters. The van der Waals surface area contributed by atoms with Crippen molar-refractivity contribution in [3.63, 3.8) is 0 Å². The quantitative estimate of drug-likeness (QED) is 0.654. The van der Waals surface area contributed by atoms with Crippen molar-refractivity contribution in [2.24, 2.45) is 0 Å². The van der Waals surface area contributed by atoms with Crippen molar-refractivity contribution < 1.29 is 4.52 Å². The Hall–Kier alpha value is -1.85. The van der Waals surface area contributed by atoms with Crippen LogP contribution in [0.25, 0.3) is 11.0 Å². The highest BCUT2D eigenvalue weighted by atomic mass is 16.5. The molecule has 0 aliphatic rings. The number of nitrogen functional groups attached to an aromatic ring is 2. The molecule has 0 saturated carbocycles. The molecule has 0 radical (unpaired) electrons. The Morgan fingerprint density at radius 3 is 2.77 bits per heavy atom. The topological polar surface area (TPSA) is 104 Å². The third-order valence-corrected chi connectivity index (χ3v) is 1.76. The molecule has 2 aromatic rings. The summed E-state index contributed by atoms with van der Waals surface area (Å²) >= 11 is 0. The van der Waals surface area contributed by atoms with Crippen LogP contribution in [0.15, 0.2) is 4.52 Å². The van der Waals surface area contributed by atoms with E-state index < -0.39 is 0 Å². The summed E-state index contributed by atoms with van der Waals surface area (Å²) < 4.78 is 4.74. The molecular formula is C7H9N5O. The van der Waals surface area contributed by atoms with Gasteiger partial charge >= 0.3 is 0 Å². The molecule has 13 heavy (non-hydrogen) atoms. The normalized spacial score (nSPS) is 10.8. The molecule has 0 amide bonds. The SMILES string of the molecule is CCc1nc(N)c2c(N)onc2n1. The summed E-state index contributed by atoms with van der Waals surface area (Å²) in [6.45, 7) is 1.93. The highest BCUT2D eigenvalue weighted by molar-refractivity contribution is 5.93. The van der Waals surface area contributed by atoms with E-state index in [9.17, 15) is 0 Å². The predicted octanol–water partition coefficient (Wildman–Crippen LogP) is 0.345. The van der Waals surface area contributed by atoms with Crippen LogP contribution in [0.3, 0.4) is 0 Å². The Kier molecular flexibility index (Phi) is 1.54. The van der Waals surface area contributed by atoms with E-state index in [1.165, 1.54) is 0 Å². The number of nitrogens with zero attached hydrogens (tertiary/aromatic N) is 3. The molecule has 0 atom stereocenters. The molecule has 6 nitrogen and oxygen atoms in total. The Morgan fingerprint density at radius 1 is 1.31 bits per heavy atom. The highest BCUT2D eigenvalue weighted by Crippen LogP contribution is 2.23. The smallest absolute Gasteiger partial charge is 0.235 e. The zero-order valence-electron chi connectivity index (χ0n) is 7.11. The second kappa shape index (κ2) is 2.58. The van der Waals surface area contributed by atoms with E-state index in [0.29, 0.717) is 29.1 Å². The van der Waals surface area contributed by atoms with Gasteiger partial charge in [-0.3, -0.25) is 0 Å². The van der Waals surface area contributed by atoms with Gasteiger partial charge in [-0.2, -0.15) is 0 Å². The maximum absolute atomic E-state index is 5.65. The number of nitrogens with two attached hydrogens (primary N) is 2. The van der Waals surface area contributed by atoms with E-state index >= 15 is 0 Å². The molecule has 2 rings (SSSR count). The molecular weight excluding hydrogens is 170 g/mol. The van der Waals surface area contributed by atoms with Gasteiger partial charge in [0.2, 0.25) is 11.5 Å². The van der Waals surface area contributed by atoms with E-state index in [2.05, 4.69) is 15.1 Å². The zero-order chi connectivity index (χ0) is 9.42. The van der Waals surface area contributed by atoms with Gasteiger partial charge in [0.25, 0.3) is 0 Å². The van der Waals surface area contributed by atoms with Crippen molar-refractivity contribution in [2.45, 2.75) is 13.3 Å². The minimum atomic E-state index is 0.162. The summed E-state index contributed by atoms with van der Waals surface area (Å²) in [6.07, 6.45) is 0.701. The van der Waals surface area contributed by atoms with Gasteiger partial charge in [-0.1, -0.05) is 12.1 Å². The van der Waals surface area contributed by atoms with Gasteiger partial charge in [-0.05, 0) is 0 Å². The highest BCUT2D eigenvalue weighted by Gasteiger charge is 2.12. The molecule has 68 valence electrons. The maximum atomic E-state index is 5.65. The molecule has 0 aromatic carbocycles. The van der Waals surface area contributed by atoms with Crippen LogP contribution in [0.2, 0.25) is 0 Å². The van der Waals surface area contributed by atoms with Crippen LogP contribution in [0, 0.1) is 0 Å². The van der Waals surface area contributed by atoms with Crippen molar-refractivity contribution >= 4 is 22.7 Å². The van der Waals surface area contributed by atoms with Gasteiger partial charge in [0.15, 0.2) is 0 Å². The summed E-state index contributed by atoms with van der Waals surface area (Å²) in [4.78, 5) is 8.14. The molecule has 0 fully saturated rings. The fraction of sp³-hybridized carbons (Fsp3) is 0.286. The number of anilines is 2. The summed E-state index contributed by atoms with van der Waals surface area (Å²) in [5.41, 5.74) is 11.5. The number of rotatable bonds is 1. The minimum Gasteiger partial charge on any atom is -0.383 e. The first kappa shape index (κ1) is 7.78. The first-order valence-corrected chi connectivity index (χ1v) is 3.89. The lowest BCUT2D eigenvalue weighted by Gasteiger charge is -1.97. The second-order valence-electron chi connectivity index (χ2n) is 2.62. The van der Waals surface area contributed by atoms with Crippen LogP contribution in [0.1, 0.15) is 12.7 Å². The van der Waals surface area contributed by atoms with Crippen LogP contribution < -0.4 is 11.5 Å². The van der Waals surface area contributed by atoms with Crippen LogP contribution >= 0.6 is 0 Å². The average Bonchev–Trinajstić information content (AvgIpc) is 2.48. The van der Waals surface area contributed by atoms with Gasteiger partial charge in [0.1, 0.15) is 17.0 Å². The number of fused-ring (bicyclic) bond motifs is 1. The van der Waals surface area contributed by atoms with Crippen molar-refractivity contribution in [3.05, 3.63) is 5.82 Å². The fourth-order valence-electron chi connectivity index (χ4n) is 1.11. The molecule has 0 bridgehead atoms. The summed E-state index contributed by atoms with van der Waals surface area (Å²) in [5, 5.41) is 4.15. The van der Waals surface area contributed by atoms with E-state index in [4.69, 9.17) is 16.0 Å². The molecule has 0 aliphatic carbocycles. The van der Waals surface area contributed by atoms with Crippen LogP contribution in [0.5, 0.6) is 0 Å². The molecule has 0 saturated heterocycles. The summed E-state index contributed by atoms with van der Waals surface area (Å²) in [7, 11) is 0. The van der Waals surface area contributed by atoms with Gasteiger partial charge in [0.05, 0.1) is 0 Å². The largest absolute Gasteiger partial charge is 0.383 e. The van der Waals surface area contributed by atoms with Crippen molar-refractivity contribution in [1.29, 1.82) is 0 Å². The standard InChI is InChI=1S/C7H9N5O/c1-2-3-10-5(8)4-6(9)13-12-7(4)11-3/h2,9H2,1H3,(H2,8,10,11,12). The molecule has 2 aromatic heterocycles. The summed E-state index contributed by atoms with van der Waals surface area (Å²) in [5.74, 6) is 1.12. The van der Waals surface area contributed by atoms with E-state index in [1.54, 1.807) is 0 Å². The molecule has 0 aliphatic heterocycles. The number of aromatic nitrogens is 3. The van der Waals surface area contributed by atoms with E-state index in [1.807, 2.05) is 6.92 Å².